The molecular formula is C16H14ClN3O4S. The second kappa shape index (κ2) is 7.22. The van der Waals surface area contributed by atoms with Crippen LogP contribution in [0.2, 0.25) is 5.02 Å². The van der Waals surface area contributed by atoms with Gasteiger partial charge in [-0.1, -0.05) is 28.9 Å². The van der Waals surface area contributed by atoms with Gasteiger partial charge in [0, 0.05) is 5.56 Å². The fraction of sp³-hybridized carbons (Fsp3) is 0.125. The number of nitrogens with zero attached hydrogens (tertiary/aromatic N) is 2. The number of halogens is 1. The van der Waals surface area contributed by atoms with Gasteiger partial charge in [-0.3, -0.25) is 0 Å². The summed E-state index contributed by atoms with van der Waals surface area (Å²) >= 11 is 5.92. The first-order valence-electron chi connectivity index (χ1n) is 7.21. The molecule has 9 heteroatoms. The third-order valence-electron chi connectivity index (χ3n) is 3.36. The minimum Gasteiger partial charge on any atom is -0.497 e. The Balaban J connectivity index is 1.72. The Hall–Kier alpha value is -2.42. The predicted molar refractivity (Wildman–Crippen MR) is 91.8 cm³/mol. The van der Waals surface area contributed by atoms with Gasteiger partial charge in [-0.15, -0.1) is 0 Å². The summed E-state index contributed by atoms with van der Waals surface area (Å²) in [6, 6.07) is 13.3. The van der Waals surface area contributed by atoms with E-state index in [0.717, 1.165) is 5.56 Å². The molecular weight excluding hydrogens is 366 g/mol. The lowest BCUT2D eigenvalue weighted by Crippen LogP contribution is -2.23. The number of rotatable bonds is 6. The van der Waals surface area contributed by atoms with Gasteiger partial charge < -0.3 is 9.26 Å². The van der Waals surface area contributed by atoms with Gasteiger partial charge >= 0.3 is 0 Å². The van der Waals surface area contributed by atoms with Gasteiger partial charge in [0.25, 0.3) is 0 Å². The summed E-state index contributed by atoms with van der Waals surface area (Å²) in [5.74, 6) is 1.20. The Kier molecular flexibility index (Phi) is 5.03. The maximum Gasteiger partial charge on any atom is 0.242 e. The lowest BCUT2D eigenvalue weighted by Gasteiger charge is -2.05. The molecule has 130 valence electrons. The Labute approximate surface area is 149 Å². The van der Waals surface area contributed by atoms with Crippen molar-refractivity contribution in [1.29, 1.82) is 0 Å². The molecule has 0 spiro atoms. The minimum atomic E-state index is -3.78. The van der Waals surface area contributed by atoms with Gasteiger partial charge in [0.15, 0.2) is 0 Å². The van der Waals surface area contributed by atoms with Crippen LogP contribution in [0.5, 0.6) is 5.75 Å². The molecule has 2 aromatic carbocycles. The molecule has 0 aliphatic carbocycles. The van der Waals surface area contributed by atoms with Crippen molar-refractivity contribution >= 4 is 21.6 Å². The number of benzene rings is 2. The molecule has 0 amide bonds. The normalized spacial score (nSPS) is 11.4. The predicted octanol–water partition coefficient (Wildman–Crippen LogP) is 2.88. The lowest BCUT2D eigenvalue weighted by atomic mass is 10.2. The number of methoxy groups -OCH3 is 1. The monoisotopic (exact) mass is 379 g/mol. The van der Waals surface area contributed by atoms with Crippen molar-refractivity contribution in [2.75, 3.05) is 7.11 Å². The van der Waals surface area contributed by atoms with E-state index in [1.807, 2.05) is 0 Å². The van der Waals surface area contributed by atoms with Gasteiger partial charge in [-0.2, -0.15) is 4.98 Å². The van der Waals surface area contributed by atoms with E-state index < -0.39 is 10.0 Å². The number of ether oxygens (including phenoxy) is 1. The lowest BCUT2D eigenvalue weighted by molar-refractivity contribution is 0.376. The average molecular weight is 380 g/mol. The van der Waals surface area contributed by atoms with Crippen LogP contribution in [0.4, 0.5) is 0 Å². The second-order valence-corrected chi connectivity index (χ2v) is 7.14. The number of hydrogen-bond donors (Lipinski definition) is 1. The second-order valence-electron chi connectivity index (χ2n) is 5.00. The Morgan fingerprint density at radius 1 is 1.16 bits per heavy atom. The molecule has 0 aliphatic rings. The molecule has 3 aromatic rings. The van der Waals surface area contributed by atoms with Crippen LogP contribution in [0.1, 0.15) is 5.89 Å². The third-order valence-corrected chi connectivity index (χ3v) is 5.26. The van der Waals surface area contributed by atoms with Gasteiger partial charge in [0.2, 0.25) is 21.7 Å². The number of sulfonamides is 1. The van der Waals surface area contributed by atoms with E-state index in [1.54, 1.807) is 43.5 Å². The summed E-state index contributed by atoms with van der Waals surface area (Å²) in [6.07, 6.45) is 0. The number of aromatic nitrogens is 2. The van der Waals surface area contributed by atoms with E-state index >= 15 is 0 Å². The molecule has 1 N–H and O–H groups in total. The Morgan fingerprint density at radius 3 is 2.56 bits per heavy atom. The topological polar surface area (TPSA) is 94.3 Å². The largest absolute Gasteiger partial charge is 0.497 e. The summed E-state index contributed by atoms with van der Waals surface area (Å²) < 4.78 is 37.1. The minimum absolute atomic E-state index is 0.00781. The molecule has 0 saturated carbocycles. The Bertz CT molecular complexity index is 971. The van der Waals surface area contributed by atoms with E-state index in [9.17, 15) is 8.42 Å². The van der Waals surface area contributed by atoms with Crippen LogP contribution in [0.15, 0.2) is 57.9 Å². The van der Waals surface area contributed by atoms with Crippen LogP contribution < -0.4 is 9.46 Å². The summed E-state index contributed by atoms with van der Waals surface area (Å²) in [4.78, 5) is 4.17. The van der Waals surface area contributed by atoms with Gasteiger partial charge in [0.1, 0.15) is 10.6 Å². The zero-order valence-corrected chi connectivity index (χ0v) is 14.7. The first kappa shape index (κ1) is 17.4. The molecule has 3 rings (SSSR count). The van der Waals surface area contributed by atoms with Crippen molar-refractivity contribution in [3.8, 4) is 17.1 Å². The fourth-order valence-electron chi connectivity index (χ4n) is 2.08. The molecule has 7 nitrogen and oxygen atoms in total. The summed E-state index contributed by atoms with van der Waals surface area (Å²) in [6.45, 7) is -0.142. The first-order chi connectivity index (χ1) is 12.0. The van der Waals surface area contributed by atoms with Crippen LogP contribution in [0.3, 0.4) is 0 Å². The Morgan fingerprint density at radius 2 is 1.88 bits per heavy atom. The van der Waals surface area contributed by atoms with Crippen LogP contribution in [0.25, 0.3) is 11.4 Å². The average Bonchev–Trinajstić information content (AvgIpc) is 3.09. The van der Waals surface area contributed by atoms with Crippen molar-refractivity contribution in [3.63, 3.8) is 0 Å². The highest BCUT2D eigenvalue weighted by Gasteiger charge is 2.18. The van der Waals surface area contributed by atoms with Crippen molar-refractivity contribution < 1.29 is 17.7 Å². The van der Waals surface area contributed by atoms with Gasteiger partial charge in [-0.05, 0) is 36.4 Å². The van der Waals surface area contributed by atoms with Crippen LogP contribution in [-0.4, -0.2) is 25.7 Å². The fourth-order valence-corrected chi connectivity index (χ4v) is 3.57. The zero-order chi connectivity index (χ0) is 17.9. The third kappa shape index (κ3) is 3.98. The zero-order valence-electron chi connectivity index (χ0n) is 13.1. The van der Waals surface area contributed by atoms with E-state index in [1.165, 1.54) is 12.1 Å². The van der Waals surface area contributed by atoms with Crippen molar-refractivity contribution in [1.82, 2.24) is 14.9 Å². The standard InChI is InChI=1S/C16H14ClN3O4S/c1-23-12-8-6-11(7-9-12)16-19-15(24-20-16)10-18-25(21,22)14-5-3-2-4-13(14)17/h2-9,18H,10H2,1H3. The molecule has 0 bridgehead atoms. The van der Waals surface area contributed by atoms with Gasteiger partial charge in [-0.25, -0.2) is 13.1 Å². The van der Waals surface area contributed by atoms with E-state index in [4.69, 9.17) is 20.9 Å². The van der Waals surface area contributed by atoms with Crippen LogP contribution >= 0.6 is 11.6 Å². The number of hydrogen-bond acceptors (Lipinski definition) is 6. The molecule has 0 aliphatic heterocycles. The van der Waals surface area contributed by atoms with Crippen LogP contribution in [-0.2, 0) is 16.6 Å². The van der Waals surface area contributed by atoms with Gasteiger partial charge in [0.05, 0.1) is 18.7 Å². The van der Waals surface area contributed by atoms with Crippen molar-refractivity contribution in [2.45, 2.75) is 11.4 Å². The van der Waals surface area contributed by atoms with Crippen molar-refractivity contribution in [3.05, 3.63) is 59.4 Å². The van der Waals surface area contributed by atoms with Crippen LogP contribution in [0, 0.1) is 0 Å². The van der Waals surface area contributed by atoms with E-state index in [2.05, 4.69) is 14.9 Å². The number of nitrogens with one attached hydrogen (secondary N) is 1. The van der Waals surface area contributed by atoms with Crippen molar-refractivity contribution in [2.24, 2.45) is 0 Å². The summed E-state index contributed by atoms with van der Waals surface area (Å²) in [5.41, 5.74) is 0.727. The molecule has 1 aromatic heterocycles. The molecule has 0 saturated heterocycles. The highest BCUT2D eigenvalue weighted by Crippen LogP contribution is 2.21. The SMILES string of the molecule is COc1ccc(-c2noc(CNS(=O)(=O)c3ccccc3Cl)n2)cc1. The first-order valence-corrected chi connectivity index (χ1v) is 9.07. The molecule has 0 unspecified atom stereocenters. The summed E-state index contributed by atoms with van der Waals surface area (Å²) in [7, 11) is -2.20. The molecule has 0 fully saturated rings. The quantitative estimate of drug-likeness (QED) is 0.707. The molecule has 0 atom stereocenters. The maximum absolute atomic E-state index is 12.3. The van der Waals surface area contributed by atoms with E-state index in [-0.39, 0.29) is 22.4 Å². The summed E-state index contributed by atoms with van der Waals surface area (Å²) in [5, 5.41) is 3.98. The van der Waals surface area contributed by atoms with E-state index in [0.29, 0.717) is 11.6 Å². The smallest absolute Gasteiger partial charge is 0.242 e. The maximum atomic E-state index is 12.3. The highest BCUT2D eigenvalue weighted by molar-refractivity contribution is 7.89. The molecule has 25 heavy (non-hydrogen) atoms. The molecule has 1 heterocycles. The highest BCUT2D eigenvalue weighted by atomic mass is 35.5. The molecule has 0 radical (unpaired) electrons.